The number of para-hydroxylation sites is 1. The van der Waals surface area contributed by atoms with Gasteiger partial charge in [-0.3, -0.25) is 4.90 Å². The summed E-state index contributed by atoms with van der Waals surface area (Å²) in [7, 11) is 0. The van der Waals surface area contributed by atoms with Crippen molar-refractivity contribution in [1.29, 1.82) is 0 Å². The smallest absolute Gasteiger partial charge is 0.335 e. The number of benzene rings is 2. The first kappa shape index (κ1) is 22.4. The molecular formula is C30H35N3O2. The minimum absolute atomic E-state index is 0.372. The first-order valence-corrected chi connectivity index (χ1v) is 13.3. The summed E-state index contributed by atoms with van der Waals surface area (Å²) >= 11 is 0. The molecule has 0 amide bonds. The van der Waals surface area contributed by atoms with Crippen LogP contribution in [0.3, 0.4) is 0 Å². The van der Waals surface area contributed by atoms with Crippen molar-refractivity contribution >= 4 is 27.8 Å². The van der Waals surface area contributed by atoms with Crippen LogP contribution in [0.2, 0.25) is 0 Å². The van der Waals surface area contributed by atoms with E-state index in [2.05, 4.69) is 58.3 Å². The Morgan fingerprint density at radius 3 is 2.57 bits per heavy atom. The Morgan fingerprint density at radius 2 is 1.83 bits per heavy atom. The van der Waals surface area contributed by atoms with E-state index < -0.39 is 5.97 Å². The van der Waals surface area contributed by atoms with Gasteiger partial charge in [-0.05, 0) is 55.1 Å². The third-order valence-corrected chi connectivity index (χ3v) is 8.45. The molecule has 0 atom stereocenters. The topological polar surface area (TPSA) is 50.4 Å². The second kappa shape index (κ2) is 8.87. The standard InChI is InChI=1S/C30H35N3O2/c1-3-31(4-2)18-22-19-32-15-16-33-26-17-21(30(34)35)13-14-24(26)27(20-9-6-5-7-10-20)29(33)25-12-8-11-23(22)28(25)32/h8,11-14,17,19-20H,3-7,9-10,15-16,18H2,1-2H3,(H,34,35). The summed E-state index contributed by atoms with van der Waals surface area (Å²) in [5.74, 6) is -0.324. The van der Waals surface area contributed by atoms with Gasteiger partial charge in [-0.1, -0.05) is 57.4 Å². The van der Waals surface area contributed by atoms with Crippen LogP contribution in [0.1, 0.15) is 73.4 Å². The molecule has 35 heavy (non-hydrogen) atoms. The zero-order valence-corrected chi connectivity index (χ0v) is 20.9. The van der Waals surface area contributed by atoms with Gasteiger partial charge in [0.25, 0.3) is 0 Å². The number of hydrogen-bond donors (Lipinski definition) is 1. The second-order valence-corrected chi connectivity index (χ2v) is 10.3. The highest BCUT2D eigenvalue weighted by atomic mass is 16.4. The lowest BCUT2D eigenvalue weighted by molar-refractivity contribution is 0.0697. The van der Waals surface area contributed by atoms with Crippen LogP contribution in [-0.4, -0.2) is 38.2 Å². The molecule has 5 heteroatoms. The van der Waals surface area contributed by atoms with Gasteiger partial charge in [0, 0.05) is 47.7 Å². The van der Waals surface area contributed by atoms with Crippen molar-refractivity contribution in [3.8, 4) is 11.3 Å². The Kier molecular flexibility index (Phi) is 5.68. The normalized spacial score (nSPS) is 16.2. The number of carboxylic acid groups (broad SMARTS) is 1. The predicted octanol–water partition coefficient (Wildman–Crippen LogP) is 6.86. The van der Waals surface area contributed by atoms with E-state index in [4.69, 9.17) is 0 Å². The zero-order chi connectivity index (χ0) is 24.1. The Hall–Kier alpha value is -3.05. The van der Waals surface area contributed by atoms with E-state index in [0.29, 0.717) is 11.5 Å². The van der Waals surface area contributed by atoms with Gasteiger partial charge in [-0.25, -0.2) is 4.79 Å². The van der Waals surface area contributed by atoms with Crippen LogP contribution in [0.5, 0.6) is 0 Å². The third-order valence-electron chi connectivity index (χ3n) is 8.45. The summed E-state index contributed by atoms with van der Waals surface area (Å²) in [6.45, 7) is 9.29. The van der Waals surface area contributed by atoms with Crippen LogP contribution >= 0.6 is 0 Å². The monoisotopic (exact) mass is 469 g/mol. The zero-order valence-electron chi connectivity index (χ0n) is 20.9. The molecule has 2 aliphatic rings. The average Bonchev–Trinajstić information content (AvgIpc) is 3.35. The first-order valence-electron chi connectivity index (χ1n) is 13.3. The molecule has 2 aromatic heterocycles. The van der Waals surface area contributed by atoms with E-state index >= 15 is 0 Å². The van der Waals surface area contributed by atoms with E-state index in [1.54, 1.807) is 6.07 Å². The van der Waals surface area contributed by atoms with Crippen molar-refractivity contribution in [2.75, 3.05) is 13.1 Å². The summed E-state index contributed by atoms with van der Waals surface area (Å²) in [6.07, 6.45) is 8.68. The molecule has 182 valence electrons. The van der Waals surface area contributed by atoms with Crippen LogP contribution < -0.4 is 0 Å². The van der Waals surface area contributed by atoms with Gasteiger partial charge in [-0.15, -0.1) is 0 Å². The summed E-state index contributed by atoms with van der Waals surface area (Å²) in [5, 5.41) is 12.3. The molecule has 6 rings (SSSR count). The average molecular weight is 470 g/mol. The van der Waals surface area contributed by atoms with Crippen LogP contribution in [-0.2, 0) is 19.6 Å². The quantitative estimate of drug-likeness (QED) is 0.335. The van der Waals surface area contributed by atoms with Crippen LogP contribution in [0.4, 0.5) is 0 Å². The minimum atomic E-state index is -0.857. The molecule has 4 aromatic rings. The molecule has 1 aliphatic heterocycles. The molecule has 0 radical (unpaired) electrons. The highest BCUT2D eigenvalue weighted by molar-refractivity contribution is 6.03. The maximum absolute atomic E-state index is 11.8. The van der Waals surface area contributed by atoms with E-state index in [0.717, 1.165) is 38.2 Å². The van der Waals surface area contributed by atoms with Gasteiger partial charge in [0.15, 0.2) is 0 Å². The van der Waals surface area contributed by atoms with Crippen LogP contribution in [0.15, 0.2) is 42.6 Å². The van der Waals surface area contributed by atoms with Crippen LogP contribution in [0.25, 0.3) is 33.1 Å². The lowest BCUT2D eigenvalue weighted by Gasteiger charge is -2.23. The molecule has 0 saturated heterocycles. The number of nitrogens with zero attached hydrogens (tertiary/aromatic N) is 3. The summed E-state index contributed by atoms with van der Waals surface area (Å²) < 4.78 is 4.88. The van der Waals surface area contributed by atoms with Gasteiger partial charge < -0.3 is 14.2 Å². The molecule has 0 spiro atoms. The molecule has 0 bridgehead atoms. The molecule has 5 nitrogen and oxygen atoms in total. The fraction of sp³-hybridized carbons (Fsp3) is 0.433. The van der Waals surface area contributed by atoms with Crippen molar-refractivity contribution in [3.63, 3.8) is 0 Å². The van der Waals surface area contributed by atoms with Crippen molar-refractivity contribution in [2.45, 2.75) is 71.5 Å². The Morgan fingerprint density at radius 1 is 1.03 bits per heavy atom. The first-order chi connectivity index (χ1) is 17.1. The maximum atomic E-state index is 11.8. The van der Waals surface area contributed by atoms with Crippen molar-refractivity contribution in [2.24, 2.45) is 0 Å². The Balaban J connectivity index is 1.62. The molecule has 1 saturated carbocycles. The fourth-order valence-electron chi connectivity index (χ4n) is 6.66. The fourth-order valence-corrected chi connectivity index (χ4v) is 6.66. The Bertz CT molecular complexity index is 1420. The van der Waals surface area contributed by atoms with Gasteiger partial charge in [0.2, 0.25) is 0 Å². The molecule has 1 fully saturated rings. The van der Waals surface area contributed by atoms with Gasteiger partial charge in [-0.2, -0.15) is 0 Å². The number of carboxylic acids is 1. The highest BCUT2D eigenvalue weighted by Gasteiger charge is 2.30. The highest BCUT2D eigenvalue weighted by Crippen LogP contribution is 2.47. The molecule has 2 aromatic carbocycles. The summed E-state index contributed by atoms with van der Waals surface area (Å²) in [5.41, 5.74) is 8.27. The molecule has 1 N–H and O–H groups in total. The SMILES string of the molecule is CCN(CC)Cc1cn2c3c(cccc13)-c1c(C3CCCCC3)c3ccc(C(=O)O)cc3n1CC2. The largest absolute Gasteiger partial charge is 0.478 e. The lowest BCUT2D eigenvalue weighted by Crippen LogP contribution is -2.22. The van der Waals surface area contributed by atoms with E-state index in [1.807, 2.05) is 6.07 Å². The molecular weight excluding hydrogens is 434 g/mol. The number of fused-ring (bicyclic) bond motifs is 4. The number of aromatic carboxylic acids is 1. The molecule has 0 unspecified atom stereocenters. The lowest BCUT2D eigenvalue weighted by atomic mass is 9.81. The van der Waals surface area contributed by atoms with Crippen molar-refractivity contribution in [1.82, 2.24) is 14.0 Å². The predicted molar refractivity (Wildman–Crippen MR) is 142 cm³/mol. The molecule has 3 heterocycles. The van der Waals surface area contributed by atoms with Gasteiger partial charge in [0.1, 0.15) is 0 Å². The number of aryl methyl sites for hydroxylation is 2. The second-order valence-electron chi connectivity index (χ2n) is 10.3. The number of hydrogen-bond acceptors (Lipinski definition) is 2. The van der Waals surface area contributed by atoms with Gasteiger partial charge >= 0.3 is 5.97 Å². The van der Waals surface area contributed by atoms with E-state index in [1.165, 1.54) is 70.8 Å². The minimum Gasteiger partial charge on any atom is -0.478 e. The summed E-state index contributed by atoms with van der Waals surface area (Å²) in [4.78, 5) is 14.3. The third kappa shape index (κ3) is 3.59. The van der Waals surface area contributed by atoms with E-state index in [-0.39, 0.29) is 0 Å². The Labute approximate surface area is 207 Å². The van der Waals surface area contributed by atoms with Crippen molar-refractivity contribution in [3.05, 3.63) is 59.3 Å². The number of rotatable bonds is 6. The maximum Gasteiger partial charge on any atom is 0.335 e. The molecule has 1 aliphatic carbocycles. The number of carbonyl (C=O) groups is 1. The summed E-state index contributed by atoms with van der Waals surface area (Å²) in [6, 6.07) is 12.6. The van der Waals surface area contributed by atoms with Crippen molar-refractivity contribution < 1.29 is 9.90 Å². The van der Waals surface area contributed by atoms with Gasteiger partial charge in [0.05, 0.1) is 16.8 Å². The van der Waals surface area contributed by atoms with Crippen LogP contribution in [0, 0.1) is 0 Å². The number of aromatic nitrogens is 2. The van der Waals surface area contributed by atoms with E-state index in [9.17, 15) is 9.90 Å².